The van der Waals surface area contributed by atoms with Gasteiger partial charge in [-0.25, -0.2) is 0 Å². The highest BCUT2D eigenvalue weighted by Crippen LogP contribution is 2.32. The van der Waals surface area contributed by atoms with E-state index in [2.05, 4.69) is 5.92 Å². The van der Waals surface area contributed by atoms with Crippen molar-refractivity contribution in [3.8, 4) is 12.3 Å². The van der Waals surface area contributed by atoms with Crippen LogP contribution in [0.1, 0.15) is 17.2 Å². The Morgan fingerprint density at radius 3 is 2.05 bits per heavy atom. The SMILES string of the molecule is C#C[C@@H](c1ccccc1)N(C)c1ccc(C(F)(F)F)cc1. The Morgan fingerprint density at radius 2 is 1.57 bits per heavy atom. The van der Waals surface area contributed by atoms with Gasteiger partial charge in [-0.1, -0.05) is 36.3 Å². The molecule has 0 bridgehead atoms. The molecule has 0 fully saturated rings. The van der Waals surface area contributed by atoms with Crippen molar-refractivity contribution >= 4 is 5.69 Å². The second-order valence-electron chi connectivity index (χ2n) is 4.64. The summed E-state index contributed by atoms with van der Waals surface area (Å²) in [6.45, 7) is 0. The molecule has 0 spiro atoms. The number of rotatable bonds is 3. The van der Waals surface area contributed by atoms with Crippen molar-refractivity contribution in [2.45, 2.75) is 12.2 Å². The van der Waals surface area contributed by atoms with Gasteiger partial charge >= 0.3 is 6.18 Å². The predicted molar refractivity (Wildman–Crippen MR) is 77.9 cm³/mol. The van der Waals surface area contributed by atoms with Crippen molar-refractivity contribution in [2.24, 2.45) is 0 Å². The van der Waals surface area contributed by atoms with E-state index in [4.69, 9.17) is 6.42 Å². The molecule has 0 heterocycles. The molecule has 21 heavy (non-hydrogen) atoms. The molecule has 0 radical (unpaired) electrons. The molecule has 0 N–H and O–H groups in total. The van der Waals surface area contributed by atoms with Crippen molar-refractivity contribution < 1.29 is 13.2 Å². The first-order valence-electron chi connectivity index (χ1n) is 6.34. The number of benzene rings is 2. The van der Waals surface area contributed by atoms with Crippen molar-refractivity contribution in [3.63, 3.8) is 0 Å². The van der Waals surface area contributed by atoms with Gasteiger partial charge in [-0.15, -0.1) is 6.42 Å². The van der Waals surface area contributed by atoms with Crippen LogP contribution in [-0.4, -0.2) is 7.05 Å². The largest absolute Gasteiger partial charge is 0.416 e. The molecule has 0 aliphatic rings. The molecule has 1 atom stereocenters. The highest BCUT2D eigenvalue weighted by molar-refractivity contribution is 5.51. The average molecular weight is 289 g/mol. The smallest absolute Gasteiger partial charge is 0.357 e. The van der Waals surface area contributed by atoms with Crippen LogP contribution in [0.4, 0.5) is 18.9 Å². The van der Waals surface area contributed by atoms with Gasteiger partial charge in [-0.2, -0.15) is 13.2 Å². The van der Waals surface area contributed by atoms with E-state index in [0.29, 0.717) is 5.69 Å². The van der Waals surface area contributed by atoms with Gasteiger partial charge in [0, 0.05) is 12.7 Å². The lowest BCUT2D eigenvalue weighted by Crippen LogP contribution is -2.22. The molecule has 0 unspecified atom stereocenters. The van der Waals surface area contributed by atoms with Crippen LogP contribution in [0.15, 0.2) is 54.6 Å². The van der Waals surface area contributed by atoms with Crippen LogP contribution < -0.4 is 4.90 Å². The third-order valence-electron chi connectivity index (χ3n) is 3.26. The number of hydrogen-bond acceptors (Lipinski definition) is 1. The standard InChI is InChI=1S/C17H14F3N/c1-3-16(13-7-5-4-6-8-13)21(2)15-11-9-14(10-12-15)17(18,19)20/h1,4-12,16H,2H3/t16-/m0/s1. The summed E-state index contributed by atoms with van der Waals surface area (Å²) in [4.78, 5) is 1.77. The molecule has 2 aromatic carbocycles. The van der Waals surface area contributed by atoms with E-state index in [1.165, 1.54) is 12.1 Å². The summed E-state index contributed by atoms with van der Waals surface area (Å²) in [5.74, 6) is 2.67. The number of nitrogens with zero attached hydrogens (tertiary/aromatic N) is 1. The summed E-state index contributed by atoms with van der Waals surface area (Å²) < 4.78 is 37.7. The van der Waals surface area contributed by atoms with E-state index in [-0.39, 0.29) is 6.04 Å². The topological polar surface area (TPSA) is 3.24 Å². The van der Waals surface area contributed by atoms with Gasteiger partial charge in [0.25, 0.3) is 0 Å². The molecule has 0 aromatic heterocycles. The minimum Gasteiger partial charge on any atom is -0.357 e. The van der Waals surface area contributed by atoms with E-state index < -0.39 is 11.7 Å². The summed E-state index contributed by atoms with van der Waals surface area (Å²) in [5.41, 5.74) is 0.883. The lowest BCUT2D eigenvalue weighted by molar-refractivity contribution is -0.137. The third-order valence-corrected chi connectivity index (χ3v) is 3.26. The van der Waals surface area contributed by atoms with E-state index in [0.717, 1.165) is 17.7 Å². The lowest BCUT2D eigenvalue weighted by Gasteiger charge is -2.26. The number of anilines is 1. The first-order chi connectivity index (χ1) is 9.93. The molecule has 0 saturated carbocycles. The highest BCUT2D eigenvalue weighted by Gasteiger charge is 2.30. The first kappa shape index (κ1) is 15.0. The zero-order valence-electron chi connectivity index (χ0n) is 11.4. The van der Waals surface area contributed by atoms with Crippen molar-refractivity contribution in [3.05, 3.63) is 65.7 Å². The van der Waals surface area contributed by atoms with E-state index in [1.807, 2.05) is 30.3 Å². The summed E-state index contributed by atoms with van der Waals surface area (Å²) in [7, 11) is 1.76. The van der Waals surface area contributed by atoms with Gasteiger partial charge in [-0.3, -0.25) is 0 Å². The predicted octanol–water partition coefficient (Wildman–Crippen LogP) is 4.52. The summed E-state index contributed by atoms with van der Waals surface area (Å²) in [6, 6.07) is 14.1. The van der Waals surface area contributed by atoms with Crippen LogP contribution in [0.5, 0.6) is 0 Å². The molecule has 4 heteroatoms. The van der Waals surface area contributed by atoms with Gasteiger partial charge in [0.2, 0.25) is 0 Å². The molecule has 108 valence electrons. The highest BCUT2D eigenvalue weighted by atomic mass is 19.4. The maximum Gasteiger partial charge on any atom is 0.416 e. The molecule has 0 amide bonds. The van der Waals surface area contributed by atoms with Crippen LogP contribution in [0.3, 0.4) is 0 Å². The fraction of sp³-hybridized carbons (Fsp3) is 0.176. The van der Waals surface area contributed by atoms with Gasteiger partial charge in [0.1, 0.15) is 6.04 Å². The molecule has 0 saturated heterocycles. The van der Waals surface area contributed by atoms with Crippen LogP contribution >= 0.6 is 0 Å². The quantitative estimate of drug-likeness (QED) is 0.751. The molecule has 1 nitrogen and oxygen atoms in total. The summed E-state index contributed by atoms with van der Waals surface area (Å²) in [5, 5.41) is 0. The van der Waals surface area contributed by atoms with Crippen LogP contribution in [0.25, 0.3) is 0 Å². The minimum atomic E-state index is -4.33. The molecule has 0 aliphatic heterocycles. The first-order valence-corrected chi connectivity index (χ1v) is 6.34. The Balaban J connectivity index is 2.27. The second-order valence-corrected chi connectivity index (χ2v) is 4.64. The van der Waals surface area contributed by atoms with Gasteiger partial charge in [-0.05, 0) is 29.8 Å². The number of alkyl halides is 3. The Bertz CT molecular complexity index is 624. The van der Waals surface area contributed by atoms with Gasteiger partial charge < -0.3 is 4.90 Å². The Morgan fingerprint density at radius 1 is 1.00 bits per heavy atom. The number of halogens is 3. The lowest BCUT2D eigenvalue weighted by atomic mass is 10.1. The Labute approximate surface area is 122 Å². The minimum absolute atomic E-state index is 0.331. The van der Waals surface area contributed by atoms with Crippen LogP contribution in [0.2, 0.25) is 0 Å². The Hall–Kier alpha value is -2.41. The molecule has 0 aliphatic carbocycles. The van der Waals surface area contributed by atoms with Crippen molar-refractivity contribution in [1.82, 2.24) is 0 Å². The second kappa shape index (κ2) is 5.92. The normalized spacial score (nSPS) is 12.5. The fourth-order valence-electron chi connectivity index (χ4n) is 2.10. The summed E-state index contributed by atoms with van der Waals surface area (Å²) in [6.07, 6.45) is 1.24. The zero-order valence-corrected chi connectivity index (χ0v) is 11.4. The summed E-state index contributed by atoms with van der Waals surface area (Å²) >= 11 is 0. The van der Waals surface area contributed by atoms with Gasteiger partial charge in [0.15, 0.2) is 0 Å². The van der Waals surface area contributed by atoms with E-state index in [1.54, 1.807) is 11.9 Å². The maximum atomic E-state index is 12.6. The number of terminal acetylenes is 1. The van der Waals surface area contributed by atoms with Crippen molar-refractivity contribution in [1.29, 1.82) is 0 Å². The Kier molecular flexibility index (Phi) is 4.23. The van der Waals surface area contributed by atoms with Crippen LogP contribution in [-0.2, 0) is 6.18 Å². The molecule has 2 rings (SSSR count). The third kappa shape index (κ3) is 3.38. The van der Waals surface area contributed by atoms with Crippen LogP contribution in [0, 0.1) is 12.3 Å². The zero-order chi connectivity index (χ0) is 15.5. The molecular formula is C17H14F3N. The van der Waals surface area contributed by atoms with Gasteiger partial charge in [0.05, 0.1) is 5.56 Å². The number of hydrogen-bond donors (Lipinski definition) is 0. The average Bonchev–Trinajstić information content (AvgIpc) is 2.48. The fourth-order valence-corrected chi connectivity index (χ4v) is 2.10. The molecule has 2 aromatic rings. The van der Waals surface area contributed by atoms with Crippen molar-refractivity contribution in [2.75, 3.05) is 11.9 Å². The maximum absolute atomic E-state index is 12.6. The molecular weight excluding hydrogens is 275 g/mol. The van der Waals surface area contributed by atoms with E-state index in [9.17, 15) is 13.2 Å². The monoisotopic (exact) mass is 289 g/mol. The van der Waals surface area contributed by atoms with E-state index >= 15 is 0 Å².